The molecule has 1 aromatic carbocycles. The van der Waals surface area contributed by atoms with E-state index in [1.807, 2.05) is 43.5 Å². The predicted octanol–water partition coefficient (Wildman–Crippen LogP) is 2.30. The van der Waals surface area contributed by atoms with Crippen LogP contribution in [0.1, 0.15) is 12.5 Å². The average Bonchev–Trinajstić information content (AvgIpc) is 2.88. The monoisotopic (exact) mass is 282 g/mol. The summed E-state index contributed by atoms with van der Waals surface area (Å²) in [6, 6.07) is 9.83. The topological polar surface area (TPSA) is 65.4 Å². The zero-order chi connectivity index (χ0) is 14.7. The molecule has 3 aromatic rings. The summed E-state index contributed by atoms with van der Waals surface area (Å²) in [6.45, 7) is 3.21. The van der Waals surface area contributed by atoms with Crippen LogP contribution in [-0.4, -0.2) is 27.7 Å². The van der Waals surface area contributed by atoms with E-state index in [0.717, 1.165) is 34.6 Å². The molecule has 0 aliphatic carbocycles. The SMILES string of the molecule is CCOc1ccc(-c2nn3cccnc3c2CCN)cc1. The van der Waals surface area contributed by atoms with E-state index < -0.39 is 0 Å². The lowest BCUT2D eigenvalue weighted by molar-refractivity contribution is 0.340. The van der Waals surface area contributed by atoms with Gasteiger partial charge >= 0.3 is 0 Å². The number of hydrogen-bond donors (Lipinski definition) is 1. The smallest absolute Gasteiger partial charge is 0.158 e. The molecule has 0 amide bonds. The van der Waals surface area contributed by atoms with Gasteiger partial charge in [0, 0.05) is 23.5 Å². The van der Waals surface area contributed by atoms with Crippen molar-refractivity contribution in [2.45, 2.75) is 13.3 Å². The fourth-order valence-corrected chi connectivity index (χ4v) is 2.42. The van der Waals surface area contributed by atoms with Gasteiger partial charge in [-0.1, -0.05) is 0 Å². The Morgan fingerprint density at radius 3 is 2.76 bits per heavy atom. The fraction of sp³-hybridized carbons (Fsp3) is 0.250. The number of fused-ring (bicyclic) bond motifs is 1. The normalized spacial score (nSPS) is 11.0. The van der Waals surface area contributed by atoms with Gasteiger partial charge in [0.1, 0.15) is 5.75 Å². The van der Waals surface area contributed by atoms with Gasteiger partial charge in [-0.2, -0.15) is 5.10 Å². The molecule has 2 aromatic heterocycles. The molecule has 0 saturated heterocycles. The Hall–Kier alpha value is -2.40. The third-order valence-electron chi connectivity index (χ3n) is 3.32. The van der Waals surface area contributed by atoms with Gasteiger partial charge in [0.25, 0.3) is 0 Å². The standard InChI is InChI=1S/C16H18N4O/c1-2-21-13-6-4-12(5-7-13)15-14(8-9-17)16-18-10-3-11-20(16)19-15/h3-7,10-11H,2,8-9,17H2,1H3. The second-order valence-electron chi connectivity index (χ2n) is 4.71. The van der Waals surface area contributed by atoms with Crippen LogP contribution < -0.4 is 10.5 Å². The van der Waals surface area contributed by atoms with Crippen molar-refractivity contribution in [3.63, 3.8) is 0 Å². The van der Waals surface area contributed by atoms with Crippen LogP contribution in [-0.2, 0) is 6.42 Å². The summed E-state index contributed by atoms with van der Waals surface area (Å²) in [5.74, 6) is 0.864. The van der Waals surface area contributed by atoms with Crippen molar-refractivity contribution in [3.8, 4) is 17.0 Å². The number of nitrogens with two attached hydrogens (primary N) is 1. The van der Waals surface area contributed by atoms with Crippen LogP contribution in [0.25, 0.3) is 16.9 Å². The van der Waals surface area contributed by atoms with Gasteiger partial charge in [-0.3, -0.25) is 0 Å². The highest BCUT2D eigenvalue weighted by Crippen LogP contribution is 2.27. The number of benzene rings is 1. The van der Waals surface area contributed by atoms with E-state index in [0.29, 0.717) is 13.2 Å². The molecule has 2 heterocycles. The lowest BCUT2D eigenvalue weighted by atomic mass is 10.1. The zero-order valence-electron chi connectivity index (χ0n) is 12.0. The Morgan fingerprint density at radius 2 is 2.05 bits per heavy atom. The molecule has 2 N–H and O–H groups in total. The van der Waals surface area contributed by atoms with Gasteiger partial charge in [0.2, 0.25) is 0 Å². The Labute approximate surface area is 123 Å². The number of nitrogens with zero attached hydrogens (tertiary/aromatic N) is 3. The molecule has 0 aliphatic heterocycles. The molecule has 5 heteroatoms. The lowest BCUT2D eigenvalue weighted by Crippen LogP contribution is -2.03. The van der Waals surface area contributed by atoms with Crippen molar-refractivity contribution in [3.05, 3.63) is 48.3 Å². The molecule has 0 radical (unpaired) electrons. The highest BCUT2D eigenvalue weighted by Gasteiger charge is 2.14. The van der Waals surface area contributed by atoms with Crippen LogP contribution in [0.4, 0.5) is 0 Å². The Bertz CT molecular complexity index is 734. The van der Waals surface area contributed by atoms with Gasteiger partial charge in [0.15, 0.2) is 5.65 Å². The van der Waals surface area contributed by atoms with Gasteiger partial charge in [-0.15, -0.1) is 0 Å². The first kappa shape index (κ1) is 13.6. The summed E-state index contributed by atoms with van der Waals surface area (Å²) in [4.78, 5) is 4.41. The first-order chi connectivity index (χ1) is 10.3. The van der Waals surface area contributed by atoms with Crippen molar-refractivity contribution in [1.82, 2.24) is 14.6 Å². The van der Waals surface area contributed by atoms with Crippen molar-refractivity contribution >= 4 is 5.65 Å². The lowest BCUT2D eigenvalue weighted by Gasteiger charge is -2.04. The van der Waals surface area contributed by atoms with Gasteiger partial charge in [-0.05, 0) is 50.2 Å². The Kier molecular flexibility index (Phi) is 3.83. The van der Waals surface area contributed by atoms with Gasteiger partial charge < -0.3 is 10.5 Å². The molecule has 0 bridgehead atoms. The quantitative estimate of drug-likeness (QED) is 0.780. The van der Waals surface area contributed by atoms with E-state index in [9.17, 15) is 0 Å². The van der Waals surface area contributed by atoms with Crippen molar-refractivity contribution in [2.24, 2.45) is 5.73 Å². The minimum atomic E-state index is 0.571. The summed E-state index contributed by atoms with van der Waals surface area (Å²) >= 11 is 0. The van der Waals surface area contributed by atoms with Crippen LogP contribution in [0, 0.1) is 0 Å². The molecule has 0 fully saturated rings. The van der Waals surface area contributed by atoms with Crippen LogP contribution in [0.2, 0.25) is 0 Å². The van der Waals surface area contributed by atoms with E-state index in [1.165, 1.54) is 0 Å². The molecule has 5 nitrogen and oxygen atoms in total. The van der Waals surface area contributed by atoms with E-state index >= 15 is 0 Å². The average molecular weight is 282 g/mol. The molecule has 0 atom stereocenters. The maximum atomic E-state index is 5.74. The molecular weight excluding hydrogens is 264 g/mol. The minimum absolute atomic E-state index is 0.571. The second kappa shape index (κ2) is 5.93. The molecule has 0 spiro atoms. The van der Waals surface area contributed by atoms with E-state index in [-0.39, 0.29) is 0 Å². The van der Waals surface area contributed by atoms with E-state index in [4.69, 9.17) is 10.5 Å². The summed E-state index contributed by atoms with van der Waals surface area (Å²) in [6.07, 6.45) is 4.43. The summed E-state index contributed by atoms with van der Waals surface area (Å²) in [5.41, 5.74) is 9.67. The maximum absolute atomic E-state index is 5.74. The highest BCUT2D eigenvalue weighted by molar-refractivity contribution is 5.71. The number of hydrogen-bond acceptors (Lipinski definition) is 4. The third-order valence-corrected chi connectivity index (χ3v) is 3.32. The van der Waals surface area contributed by atoms with Crippen LogP contribution in [0.5, 0.6) is 5.75 Å². The van der Waals surface area contributed by atoms with Crippen LogP contribution in [0.3, 0.4) is 0 Å². The molecular formula is C16H18N4O. The summed E-state index contributed by atoms with van der Waals surface area (Å²) in [7, 11) is 0. The number of aromatic nitrogens is 3. The van der Waals surface area contributed by atoms with E-state index in [2.05, 4.69) is 10.1 Å². The minimum Gasteiger partial charge on any atom is -0.494 e. The highest BCUT2D eigenvalue weighted by atomic mass is 16.5. The number of rotatable bonds is 5. The molecule has 0 saturated carbocycles. The molecule has 0 unspecified atom stereocenters. The molecule has 108 valence electrons. The third kappa shape index (κ3) is 2.60. The molecule has 21 heavy (non-hydrogen) atoms. The molecule has 0 aliphatic rings. The Morgan fingerprint density at radius 1 is 1.24 bits per heavy atom. The first-order valence-corrected chi connectivity index (χ1v) is 7.09. The van der Waals surface area contributed by atoms with E-state index in [1.54, 1.807) is 10.7 Å². The summed E-state index contributed by atoms with van der Waals surface area (Å²) < 4.78 is 7.28. The first-order valence-electron chi connectivity index (χ1n) is 7.09. The maximum Gasteiger partial charge on any atom is 0.158 e. The fourth-order valence-electron chi connectivity index (χ4n) is 2.42. The Balaban J connectivity index is 2.08. The van der Waals surface area contributed by atoms with Crippen molar-refractivity contribution in [2.75, 3.05) is 13.2 Å². The van der Waals surface area contributed by atoms with Crippen molar-refractivity contribution < 1.29 is 4.74 Å². The van der Waals surface area contributed by atoms with Gasteiger partial charge in [-0.25, -0.2) is 9.50 Å². The van der Waals surface area contributed by atoms with Crippen LogP contribution in [0.15, 0.2) is 42.7 Å². The zero-order valence-corrected chi connectivity index (χ0v) is 12.0. The second-order valence-corrected chi connectivity index (χ2v) is 4.71. The van der Waals surface area contributed by atoms with Gasteiger partial charge in [0.05, 0.1) is 12.3 Å². The van der Waals surface area contributed by atoms with Crippen molar-refractivity contribution in [1.29, 1.82) is 0 Å². The molecule has 3 rings (SSSR count). The summed E-state index contributed by atoms with van der Waals surface area (Å²) in [5, 5.41) is 4.63. The predicted molar refractivity (Wildman–Crippen MR) is 82.4 cm³/mol. The largest absolute Gasteiger partial charge is 0.494 e. The number of ether oxygens (including phenoxy) is 1. The van der Waals surface area contributed by atoms with Crippen LogP contribution >= 0.6 is 0 Å².